The van der Waals surface area contributed by atoms with Gasteiger partial charge in [0.05, 0.1) is 6.54 Å². The molecule has 1 aliphatic heterocycles. The van der Waals surface area contributed by atoms with Crippen LogP contribution in [0.5, 0.6) is 5.75 Å². The topological polar surface area (TPSA) is 48.9 Å². The lowest BCUT2D eigenvalue weighted by atomic mass is 10.1. The third kappa shape index (κ3) is 5.92. The highest BCUT2D eigenvalue weighted by atomic mass is 16.5. The van der Waals surface area contributed by atoms with Crippen molar-refractivity contribution < 1.29 is 4.74 Å². The Labute approximate surface area is 151 Å². The van der Waals surface area contributed by atoms with E-state index in [9.17, 15) is 0 Å². The van der Waals surface area contributed by atoms with Crippen LogP contribution in [0.1, 0.15) is 31.7 Å². The van der Waals surface area contributed by atoms with E-state index in [2.05, 4.69) is 41.5 Å². The van der Waals surface area contributed by atoms with Gasteiger partial charge in [-0.2, -0.15) is 0 Å². The summed E-state index contributed by atoms with van der Waals surface area (Å²) in [4.78, 5) is 7.43. The molecule has 1 heterocycles. The molecule has 2 N–H and O–H groups in total. The van der Waals surface area contributed by atoms with Crippen molar-refractivity contribution in [1.82, 2.24) is 15.5 Å². The van der Waals surface area contributed by atoms with Crippen molar-refractivity contribution in [2.75, 3.05) is 39.3 Å². The number of nitrogens with one attached hydrogen (secondary N) is 2. The Morgan fingerprint density at radius 3 is 2.72 bits per heavy atom. The van der Waals surface area contributed by atoms with E-state index in [0.29, 0.717) is 12.5 Å². The SMILES string of the molecule is CCNC(=NCC1CCN(C2CC2)C1)NCCOc1ccc(C)cc1. The summed E-state index contributed by atoms with van der Waals surface area (Å²) in [7, 11) is 0. The number of benzene rings is 1. The Hall–Kier alpha value is -1.75. The van der Waals surface area contributed by atoms with Crippen molar-refractivity contribution in [3.8, 4) is 5.75 Å². The number of ether oxygens (including phenoxy) is 1. The fraction of sp³-hybridized carbons (Fsp3) is 0.650. The summed E-state index contributed by atoms with van der Waals surface area (Å²) in [6, 6.07) is 9.06. The van der Waals surface area contributed by atoms with Crippen molar-refractivity contribution >= 4 is 5.96 Å². The number of rotatable bonds is 8. The minimum atomic E-state index is 0.631. The van der Waals surface area contributed by atoms with E-state index < -0.39 is 0 Å². The molecule has 1 atom stereocenters. The molecule has 5 nitrogen and oxygen atoms in total. The molecule has 0 bridgehead atoms. The number of nitrogens with zero attached hydrogens (tertiary/aromatic N) is 2. The second-order valence-corrected chi connectivity index (χ2v) is 7.19. The van der Waals surface area contributed by atoms with Crippen LogP contribution in [0, 0.1) is 12.8 Å². The maximum Gasteiger partial charge on any atom is 0.191 e. The molecule has 138 valence electrons. The predicted molar refractivity (Wildman–Crippen MR) is 103 cm³/mol. The Kier molecular flexibility index (Phi) is 6.56. The number of hydrogen-bond acceptors (Lipinski definition) is 3. The average molecular weight is 345 g/mol. The van der Waals surface area contributed by atoms with Crippen LogP contribution in [-0.4, -0.2) is 56.2 Å². The molecule has 1 aliphatic carbocycles. The molecule has 2 fully saturated rings. The van der Waals surface area contributed by atoms with Crippen LogP contribution in [0.4, 0.5) is 0 Å². The first-order valence-electron chi connectivity index (χ1n) is 9.70. The zero-order valence-electron chi connectivity index (χ0n) is 15.6. The molecular weight excluding hydrogens is 312 g/mol. The third-order valence-electron chi connectivity index (χ3n) is 4.92. The van der Waals surface area contributed by atoms with Crippen molar-refractivity contribution in [2.45, 2.75) is 39.2 Å². The summed E-state index contributed by atoms with van der Waals surface area (Å²) in [5, 5.41) is 6.70. The normalized spacial score (nSPS) is 21.4. The van der Waals surface area contributed by atoms with Crippen molar-refractivity contribution in [2.24, 2.45) is 10.9 Å². The minimum absolute atomic E-state index is 0.631. The summed E-state index contributed by atoms with van der Waals surface area (Å²) >= 11 is 0. The van der Waals surface area contributed by atoms with E-state index in [1.165, 1.54) is 37.9 Å². The van der Waals surface area contributed by atoms with E-state index in [1.54, 1.807) is 0 Å². The molecule has 0 spiro atoms. The van der Waals surface area contributed by atoms with Gasteiger partial charge < -0.3 is 20.3 Å². The Morgan fingerprint density at radius 2 is 2.00 bits per heavy atom. The highest BCUT2D eigenvalue weighted by Crippen LogP contribution is 2.31. The quantitative estimate of drug-likeness (QED) is 0.432. The maximum atomic E-state index is 5.76. The molecule has 1 unspecified atom stereocenters. The van der Waals surface area contributed by atoms with Gasteiger partial charge in [-0.25, -0.2) is 0 Å². The first kappa shape index (κ1) is 18.1. The van der Waals surface area contributed by atoms with Crippen molar-refractivity contribution in [3.05, 3.63) is 29.8 Å². The van der Waals surface area contributed by atoms with Gasteiger partial charge in [0.15, 0.2) is 5.96 Å². The fourth-order valence-electron chi connectivity index (χ4n) is 3.32. The highest BCUT2D eigenvalue weighted by Gasteiger charge is 2.34. The molecule has 1 aromatic carbocycles. The maximum absolute atomic E-state index is 5.76. The minimum Gasteiger partial charge on any atom is -0.492 e. The van der Waals surface area contributed by atoms with E-state index in [4.69, 9.17) is 9.73 Å². The van der Waals surface area contributed by atoms with E-state index in [0.717, 1.165) is 37.4 Å². The number of likely N-dealkylation sites (tertiary alicyclic amines) is 1. The summed E-state index contributed by atoms with van der Waals surface area (Å²) in [5.74, 6) is 2.53. The molecule has 0 radical (unpaired) electrons. The monoisotopic (exact) mass is 344 g/mol. The molecule has 25 heavy (non-hydrogen) atoms. The summed E-state index contributed by atoms with van der Waals surface area (Å²) < 4.78 is 5.76. The molecule has 2 aliphatic rings. The van der Waals surface area contributed by atoms with Gasteiger partial charge in [0, 0.05) is 25.7 Å². The van der Waals surface area contributed by atoms with Gasteiger partial charge in [0.2, 0.25) is 0 Å². The number of hydrogen-bond donors (Lipinski definition) is 2. The summed E-state index contributed by atoms with van der Waals surface area (Å²) in [6.07, 6.45) is 4.10. The Bertz CT molecular complexity index is 553. The van der Waals surface area contributed by atoms with Crippen LogP contribution in [0.2, 0.25) is 0 Å². The van der Waals surface area contributed by atoms with Gasteiger partial charge in [-0.15, -0.1) is 0 Å². The van der Waals surface area contributed by atoms with Gasteiger partial charge in [0.25, 0.3) is 0 Å². The largest absolute Gasteiger partial charge is 0.492 e. The lowest BCUT2D eigenvalue weighted by molar-refractivity contribution is 0.315. The van der Waals surface area contributed by atoms with Gasteiger partial charge in [-0.1, -0.05) is 17.7 Å². The summed E-state index contributed by atoms with van der Waals surface area (Å²) in [5.41, 5.74) is 1.25. The first-order valence-corrected chi connectivity index (χ1v) is 9.70. The summed E-state index contributed by atoms with van der Waals surface area (Å²) in [6.45, 7) is 9.85. The van der Waals surface area contributed by atoms with Crippen molar-refractivity contribution in [1.29, 1.82) is 0 Å². The smallest absolute Gasteiger partial charge is 0.191 e. The molecule has 1 aromatic rings. The lowest BCUT2D eigenvalue weighted by Gasteiger charge is -2.15. The third-order valence-corrected chi connectivity index (χ3v) is 4.92. The Morgan fingerprint density at radius 1 is 1.20 bits per heavy atom. The molecule has 1 saturated heterocycles. The molecular formula is C20H32N4O. The molecule has 3 rings (SSSR count). The van der Waals surface area contributed by atoms with E-state index in [1.807, 2.05) is 12.1 Å². The van der Waals surface area contributed by atoms with Crippen LogP contribution in [0.3, 0.4) is 0 Å². The first-order chi connectivity index (χ1) is 12.2. The van der Waals surface area contributed by atoms with Crippen LogP contribution in [0.15, 0.2) is 29.3 Å². The van der Waals surface area contributed by atoms with Crippen molar-refractivity contribution in [3.63, 3.8) is 0 Å². The molecule has 0 amide bonds. The molecule has 5 heteroatoms. The van der Waals surface area contributed by atoms with Gasteiger partial charge in [-0.05, 0) is 57.7 Å². The van der Waals surface area contributed by atoms with Gasteiger partial charge in [-0.3, -0.25) is 4.99 Å². The van der Waals surface area contributed by atoms with Crippen LogP contribution < -0.4 is 15.4 Å². The molecule has 0 aromatic heterocycles. The van der Waals surface area contributed by atoms with E-state index in [-0.39, 0.29) is 0 Å². The van der Waals surface area contributed by atoms with Gasteiger partial charge >= 0.3 is 0 Å². The number of guanidine groups is 1. The second kappa shape index (κ2) is 9.09. The Balaban J connectivity index is 1.37. The van der Waals surface area contributed by atoms with Crippen LogP contribution >= 0.6 is 0 Å². The zero-order valence-corrected chi connectivity index (χ0v) is 15.6. The second-order valence-electron chi connectivity index (χ2n) is 7.19. The standard InChI is InChI=1S/C20H32N4O/c1-3-21-20(22-11-13-25-19-8-4-16(2)5-9-19)23-14-17-10-12-24(15-17)18-6-7-18/h4-5,8-9,17-18H,3,6-7,10-15H2,1-2H3,(H2,21,22,23). The fourth-order valence-corrected chi connectivity index (χ4v) is 3.32. The molecule has 1 saturated carbocycles. The average Bonchev–Trinajstić information content (AvgIpc) is 3.36. The van der Waals surface area contributed by atoms with Gasteiger partial charge in [0.1, 0.15) is 12.4 Å². The van der Waals surface area contributed by atoms with E-state index >= 15 is 0 Å². The van der Waals surface area contributed by atoms with Crippen LogP contribution in [-0.2, 0) is 0 Å². The predicted octanol–water partition coefficient (Wildman–Crippen LogP) is 2.41. The number of aliphatic imine (C=N–C) groups is 1. The van der Waals surface area contributed by atoms with Crippen LogP contribution in [0.25, 0.3) is 0 Å². The number of aryl methyl sites for hydroxylation is 1. The zero-order chi connectivity index (χ0) is 17.5. The lowest BCUT2D eigenvalue weighted by Crippen LogP contribution is -2.39. The highest BCUT2D eigenvalue weighted by molar-refractivity contribution is 5.79.